The van der Waals surface area contributed by atoms with Gasteiger partial charge in [0, 0.05) is 23.1 Å². The Morgan fingerprint density at radius 3 is 2.82 bits per heavy atom. The highest BCUT2D eigenvalue weighted by Crippen LogP contribution is 2.24. The van der Waals surface area contributed by atoms with Gasteiger partial charge in [0.15, 0.2) is 0 Å². The van der Waals surface area contributed by atoms with E-state index in [1.807, 2.05) is 12.1 Å². The summed E-state index contributed by atoms with van der Waals surface area (Å²) in [5.41, 5.74) is 8.96. The highest BCUT2D eigenvalue weighted by atomic mass is 35.5. The molecule has 1 aromatic carbocycles. The Hall–Kier alpha value is -1.48. The van der Waals surface area contributed by atoms with E-state index >= 15 is 0 Å². The molecule has 0 saturated carbocycles. The molecule has 0 saturated heterocycles. The number of amidine groups is 1. The monoisotopic (exact) mass is 249 g/mol. The lowest BCUT2D eigenvalue weighted by Crippen LogP contribution is -2.12. The fraction of sp³-hybridized carbons (Fsp3) is 0.308. The van der Waals surface area contributed by atoms with Crippen LogP contribution in [0.4, 0.5) is 5.69 Å². The number of rotatable bonds is 3. The summed E-state index contributed by atoms with van der Waals surface area (Å²) in [6.07, 6.45) is 0. The first-order valence-corrected chi connectivity index (χ1v) is 6.18. The van der Waals surface area contributed by atoms with Crippen LogP contribution in [0.25, 0.3) is 10.9 Å². The average molecular weight is 250 g/mol. The van der Waals surface area contributed by atoms with Gasteiger partial charge >= 0.3 is 0 Å². The van der Waals surface area contributed by atoms with Crippen molar-refractivity contribution in [2.24, 2.45) is 10.7 Å². The Balaban J connectivity index is 2.52. The zero-order chi connectivity index (χ0) is 12.4. The van der Waals surface area contributed by atoms with Gasteiger partial charge in [0.2, 0.25) is 0 Å². The molecule has 0 atom stereocenters. The first-order chi connectivity index (χ1) is 8.15. The highest BCUT2D eigenvalue weighted by molar-refractivity contribution is 6.28. The summed E-state index contributed by atoms with van der Waals surface area (Å²) in [5.74, 6) is 0.699. The smallest absolute Gasteiger partial charge is 0.115 e. The van der Waals surface area contributed by atoms with Gasteiger partial charge in [0.25, 0.3) is 0 Å². The van der Waals surface area contributed by atoms with E-state index in [-0.39, 0.29) is 5.88 Å². The molecule has 0 aliphatic rings. The third kappa shape index (κ3) is 2.29. The van der Waals surface area contributed by atoms with Crippen molar-refractivity contribution in [3.63, 3.8) is 0 Å². The SMILES string of the molecule is CCn1c(C)cc2cc(N=C(N)CCl)ccc21. The number of aryl methyl sites for hydroxylation is 2. The molecule has 2 N–H and O–H groups in total. The summed E-state index contributed by atoms with van der Waals surface area (Å²) >= 11 is 5.61. The van der Waals surface area contributed by atoms with E-state index in [0.717, 1.165) is 12.2 Å². The lowest BCUT2D eigenvalue weighted by molar-refractivity contribution is 0.770. The largest absolute Gasteiger partial charge is 0.386 e. The lowest BCUT2D eigenvalue weighted by Gasteiger charge is -2.03. The minimum atomic E-state index is 0.257. The number of alkyl halides is 1. The van der Waals surface area contributed by atoms with Gasteiger partial charge in [-0.1, -0.05) is 0 Å². The molecule has 0 fully saturated rings. The average Bonchev–Trinajstić information content (AvgIpc) is 2.63. The normalized spacial score (nSPS) is 12.3. The summed E-state index contributed by atoms with van der Waals surface area (Å²) in [6, 6.07) is 8.24. The Morgan fingerprint density at radius 2 is 2.18 bits per heavy atom. The maximum absolute atomic E-state index is 5.62. The first kappa shape index (κ1) is 12.0. The molecule has 17 heavy (non-hydrogen) atoms. The van der Waals surface area contributed by atoms with Crippen molar-refractivity contribution in [2.75, 3.05) is 5.88 Å². The van der Waals surface area contributed by atoms with Crippen LogP contribution < -0.4 is 5.73 Å². The van der Waals surface area contributed by atoms with Gasteiger partial charge in [-0.15, -0.1) is 11.6 Å². The lowest BCUT2D eigenvalue weighted by atomic mass is 10.2. The van der Waals surface area contributed by atoms with Crippen molar-refractivity contribution in [1.82, 2.24) is 4.57 Å². The van der Waals surface area contributed by atoms with E-state index in [0.29, 0.717) is 5.84 Å². The van der Waals surface area contributed by atoms with Gasteiger partial charge in [-0.25, -0.2) is 4.99 Å². The number of nitrogens with two attached hydrogens (primary N) is 1. The van der Waals surface area contributed by atoms with Crippen LogP contribution in [0, 0.1) is 6.92 Å². The molecular formula is C13H16ClN3. The second kappa shape index (κ2) is 4.80. The van der Waals surface area contributed by atoms with Crippen molar-refractivity contribution >= 4 is 34.0 Å². The summed E-state index contributed by atoms with van der Waals surface area (Å²) in [4.78, 5) is 4.25. The van der Waals surface area contributed by atoms with Gasteiger partial charge in [-0.05, 0) is 38.1 Å². The van der Waals surface area contributed by atoms with Gasteiger partial charge in [0.1, 0.15) is 5.84 Å². The van der Waals surface area contributed by atoms with Crippen molar-refractivity contribution in [2.45, 2.75) is 20.4 Å². The molecular weight excluding hydrogens is 234 g/mol. The van der Waals surface area contributed by atoms with Crippen LogP contribution in [-0.2, 0) is 6.54 Å². The number of nitrogens with zero attached hydrogens (tertiary/aromatic N) is 2. The molecule has 0 bridgehead atoms. The molecule has 2 rings (SSSR count). The van der Waals surface area contributed by atoms with E-state index in [4.69, 9.17) is 17.3 Å². The van der Waals surface area contributed by atoms with Crippen LogP contribution in [-0.4, -0.2) is 16.3 Å². The second-order valence-electron chi connectivity index (χ2n) is 4.01. The minimum Gasteiger partial charge on any atom is -0.386 e. The van der Waals surface area contributed by atoms with E-state index in [1.165, 1.54) is 16.6 Å². The molecule has 0 aliphatic heterocycles. The van der Waals surface area contributed by atoms with Crippen LogP contribution in [0.15, 0.2) is 29.3 Å². The number of hydrogen-bond acceptors (Lipinski definition) is 1. The summed E-state index contributed by atoms with van der Waals surface area (Å²) in [7, 11) is 0. The van der Waals surface area contributed by atoms with Crippen LogP contribution in [0.3, 0.4) is 0 Å². The van der Waals surface area contributed by atoms with E-state index in [9.17, 15) is 0 Å². The molecule has 0 unspecified atom stereocenters. The molecule has 3 nitrogen and oxygen atoms in total. The Bertz CT molecular complexity index is 569. The highest BCUT2D eigenvalue weighted by Gasteiger charge is 2.04. The van der Waals surface area contributed by atoms with Crippen molar-refractivity contribution in [1.29, 1.82) is 0 Å². The second-order valence-corrected chi connectivity index (χ2v) is 4.28. The number of aromatic nitrogens is 1. The fourth-order valence-electron chi connectivity index (χ4n) is 2.08. The van der Waals surface area contributed by atoms with Crippen LogP contribution in [0.5, 0.6) is 0 Å². The minimum absolute atomic E-state index is 0.257. The number of benzene rings is 1. The van der Waals surface area contributed by atoms with Crippen molar-refractivity contribution < 1.29 is 0 Å². The Kier molecular flexibility index (Phi) is 3.38. The standard InChI is InChI=1S/C13H16ClN3/c1-3-17-9(2)6-10-7-11(4-5-12(10)17)16-13(15)8-14/h4-7H,3,8H2,1-2H3,(H2,15,16). The molecule has 0 aliphatic carbocycles. The van der Waals surface area contributed by atoms with Crippen LogP contribution in [0.2, 0.25) is 0 Å². The van der Waals surface area contributed by atoms with E-state index < -0.39 is 0 Å². The summed E-state index contributed by atoms with van der Waals surface area (Å²) in [5, 5.41) is 1.19. The van der Waals surface area contributed by atoms with Crippen molar-refractivity contribution in [3.05, 3.63) is 30.0 Å². The molecule has 0 radical (unpaired) electrons. The predicted molar refractivity (Wildman–Crippen MR) is 74.4 cm³/mol. The third-order valence-electron chi connectivity index (χ3n) is 2.82. The topological polar surface area (TPSA) is 43.3 Å². The summed E-state index contributed by atoms with van der Waals surface area (Å²) < 4.78 is 2.27. The molecule has 0 amide bonds. The first-order valence-electron chi connectivity index (χ1n) is 5.64. The molecule has 4 heteroatoms. The zero-order valence-electron chi connectivity index (χ0n) is 10.1. The van der Waals surface area contributed by atoms with Crippen LogP contribution >= 0.6 is 11.6 Å². The maximum atomic E-state index is 5.62. The van der Waals surface area contributed by atoms with Gasteiger partial charge < -0.3 is 10.3 Å². The quantitative estimate of drug-likeness (QED) is 0.507. The van der Waals surface area contributed by atoms with E-state index in [2.05, 4.69) is 35.5 Å². The zero-order valence-corrected chi connectivity index (χ0v) is 10.8. The molecule has 1 heterocycles. The summed E-state index contributed by atoms with van der Waals surface area (Å²) in [6.45, 7) is 5.23. The van der Waals surface area contributed by atoms with Gasteiger partial charge in [0.05, 0.1) is 11.6 Å². The van der Waals surface area contributed by atoms with Crippen LogP contribution in [0.1, 0.15) is 12.6 Å². The van der Waals surface area contributed by atoms with Gasteiger partial charge in [-0.3, -0.25) is 0 Å². The number of fused-ring (bicyclic) bond motifs is 1. The maximum Gasteiger partial charge on any atom is 0.115 e. The Morgan fingerprint density at radius 1 is 1.41 bits per heavy atom. The molecule has 0 spiro atoms. The fourth-order valence-corrected chi connectivity index (χ4v) is 2.14. The third-order valence-corrected chi connectivity index (χ3v) is 3.09. The molecule has 90 valence electrons. The number of hydrogen-bond donors (Lipinski definition) is 1. The van der Waals surface area contributed by atoms with E-state index in [1.54, 1.807) is 0 Å². The molecule has 2 aromatic rings. The van der Waals surface area contributed by atoms with Gasteiger partial charge in [-0.2, -0.15) is 0 Å². The Labute approximate surface area is 106 Å². The molecule has 1 aromatic heterocycles. The number of halogens is 1. The van der Waals surface area contributed by atoms with Crippen molar-refractivity contribution in [3.8, 4) is 0 Å². The predicted octanol–water partition coefficient (Wildman–Crippen LogP) is 3.20. The number of aliphatic imine (C=N–C) groups is 1.